The van der Waals surface area contributed by atoms with E-state index in [9.17, 15) is 9.90 Å². The molecule has 0 saturated carbocycles. The van der Waals surface area contributed by atoms with Gasteiger partial charge in [0.25, 0.3) is 0 Å². The van der Waals surface area contributed by atoms with Crippen molar-refractivity contribution in [3.8, 4) is 5.75 Å². The first-order valence-corrected chi connectivity index (χ1v) is 3.86. The molecule has 1 N–H and O–H groups in total. The Morgan fingerprint density at radius 1 is 1.50 bits per heavy atom. The van der Waals surface area contributed by atoms with Gasteiger partial charge in [-0.25, -0.2) is 4.79 Å². The third-order valence-electron chi connectivity index (χ3n) is 1.67. The summed E-state index contributed by atoms with van der Waals surface area (Å²) in [6.07, 6.45) is 0. The largest absolute Gasteiger partial charge is 0.507 e. The van der Waals surface area contributed by atoms with Crippen LogP contribution in [-0.2, 0) is 0 Å². The summed E-state index contributed by atoms with van der Waals surface area (Å²) in [5, 5.41) is 9.38. The Morgan fingerprint density at radius 3 is 2.50 bits per heavy atom. The molecule has 0 aromatic carbocycles. The van der Waals surface area contributed by atoms with Crippen LogP contribution in [-0.4, -0.2) is 5.11 Å². The van der Waals surface area contributed by atoms with Gasteiger partial charge in [0.05, 0.1) is 5.56 Å². The molecule has 0 spiro atoms. The maximum atomic E-state index is 11.2. The lowest BCUT2D eigenvalue weighted by atomic mass is 10.1. The third-order valence-corrected chi connectivity index (χ3v) is 1.67. The highest BCUT2D eigenvalue weighted by molar-refractivity contribution is 5.31. The second-order valence-electron chi connectivity index (χ2n) is 3.10. The van der Waals surface area contributed by atoms with Crippen LogP contribution in [0.4, 0.5) is 0 Å². The van der Waals surface area contributed by atoms with Crippen molar-refractivity contribution in [1.29, 1.82) is 0 Å². The Balaban J connectivity index is 3.39. The van der Waals surface area contributed by atoms with E-state index >= 15 is 0 Å². The zero-order chi connectivity index (χ0) is 9.30. The van der Waals surface area contributed by atoms with Crippen molar-refractivity contribution in [3.63, 3.8) is 0 Å². The molecule has 3 heteroatoms. The van der Waals surface area contributed by atoms with Crippen molar-refractivity contribution in [2.75, 3.05) is 0 Å². The van der Waals surface area contributed by atoms with Crippen LogP contribution < -0.4 is 5.63 Å². The maximum absolute atomic E-state index is 11.2. The highest BCUT2D eigenvalue weighted by Crippen LogP contribution is 2.21. The van der Waals surface area contributed by atoms with Crippen LogP contribution in [0.15, 0.2) is 15.3 Å². The van der Waals surface area contributed by atoms with E-state index < -0.39 is 5.63 Å². The van der Waals surface area contributed by atoms with Crippen LogP contribution in [0, 0.1) is 6.92 Å². The molecule has 3 nitrogen and oxygen atoms in total. The van der Waals surface area contributed by atoms with Crippen LogP contribution in [0.3, 0.4) is 0 Å². The van der Waals surface area contributed by atoms with Crippen molar-refractivity contribution in [2.45, 2.75) is 26.7 Å². The molecule has 0 bridgehead atoms. The second-order valence-corrected chi connectivity index (χ2v) is 3.10. The normalized spacial score (nSPS) is 10.7. The second kappa shape index (κ2) is 3.01. The van der Waals surface area contributed by atoms with Gasteiger partial charge in [-0.15, -0.1) is 0 Å². The van der Waals surface area contributed by atoms with E-state index in [1.165, 1.54) is 6.07 Å². The molecule has 1 heterocycles. The lowest BCUT2D eigenvalue weighted by molar-refractivity contribution is 0.418. The molecule has 1 aromatic heterocycles. The molecule has 0 fully saturated rings. The number of hydrogen-bond donors (Lipinski definition) is 1. The monoisotopic (exact) mass is 168 g/mol. The minimum Gasteiger partial charge on any atom is -0.507 e. The van der Waals surface area contributed by atoms with Gasteiger partial charge in [0.2, 0.25) is 0 Å². The van der Waals surface area contributed by atoms with Crippen LogP contribution in [0.1, 0.15) is 31.1 Å². The zero-order valence-electron chi connectivity index (χ0n) is 7.42. The van der Waals surface area contributed by atoms with Gasteiger partial charge in [-0.1, -0.05) is 13.8 Å². The molecule has 0 amide bonds. The smallest absolute Gasteiger partial charge is 0.343 e. The first-order chi connectivity index (χ1) is 5.52. The Labute approximate surface area is 70.7 Å². The van der Waals surface area contributed by atoms with E-state index in [0.29, 0.717) is 11.3 Å². The average molecular weight is 168 g/mol. The standard InChI is InChI=1S/C9H12O3/c1-5(2)8-7(10)4-6(3)12-9(8)11/h4-5,10H,1-3H3. The number of hydrogen-bond acceptors (Lipinski definition) is 3. The minimum atomic E-state index is -0.442. The molecule has 0 aliphatic carbocycles. The topological polar surface area (TPSA) is 50.4 Å². The summed E-state index contributed by atoms with van der Waals surface area (Å²) in [7, 11) is 0. The molecule has 66 valence electrons. The molecule has 1 rings (SSSR count). The van der Waals surface area contributed by atoms with Crippen molar-refractivity contribution in [1.82, 2.24) is 0 Å². The third kappa shape index (κ3) is 1.49. The van der Waals surface area contributed by atoms with E-state index in [-0.39, 0.29) is 11.7 Å². The highest BCUT2D eigenvalue weighted by Gasteiger charge is 2.12. The minimum absolute atomic E-state index is 0.0122. The molecular weight excluding hydrogens is 156 g/mol. The van der Waals surface area contributed by atoms with Gasteiger partial charge < -0.3 is 9.52 Å². The summed E-state index contributed by atoms with van der Waals surface area (Å²) in [6.45, 7) is 5.30. The molecule has 0 saturated heterocycles. The molecule has 12 heavy (non-hydrogen) atoms. The van der Waals surface area contributed by atoms with Crippen LogP contribution in [0.2, 0.25) is 0 Å². The van der Waals surface area contributed by atoms with Crippen LogP contribution in [0.25, 0.3) is 0 Å². The molecule has 0 radical (unpaired) electrons. The summed E-state index contributed by atoms with van der Waals surface area (Å²) in [5.41, 5.74) is -0.0944. The number of aromatic hydroxyl groups is 1. The fourth-order valence-electron chi connectivity index (χ4n) is 1.14. The summed E-state index contributed by atoms with van der Waals surface area (Å²) < 4.78 is 4.83. The van der Waals surface area contributed by atoms with Crippen LogP contribution in [0.5, 0.6) is 5.75 Å². The Kier molecular flexibility index (Phi) is 2.22. The highest BCUT2D eigenvalue weighted by atomic mass is 16.4. The maximum Gasteiger partial charge on any atom is 0.343 e. The lowest BCUT2D eigenvalue weighted by Gasteiger charge is -2.05. The summed E-state index contributed by atoms with van der Waals surface area (Å²) >= 11 is 0. The van der Waals surface area contributed by atoms with E-state index in [1.807, 2.05) is 13.8 Å². The van der Waals surface area contributed by atoms with E-state index in [0.717, 1.165) is 0 Å². The van der Waals surface area contributed by atoms with Crippen molar-refractivity contribution in [3.05, 3.63) is 27.8 Å². The van der Waals surface area contributed by atoms with Gasteiger partial charge in [-0.2, -0.15) is 0 Å². The number of aryl methyl sites for hydroxylation is 1. The van der Waals surface area contributed by atoms with Gasteiger partial charge in [0.1, 0.15) is 11.5 Å². The Morgan fingerprint density at radius 2 is 2.08 bits per heavy atom. The summed E-state index contributed by atoms with van der Waals surface area (Å²) in [5.74, 6) is 0.447. The molecule has 0 atom stereocenters. The predicted molar refractivity (Wildman–Crippen MR) is 45.5 cm³/mol. The van der Waals surface area contributed by atoms with Crippen molar-refractivity contribution >= 4 is 0 Å². The van der Waals surface area contributed by atoms with E-state index in [4.69, 9.17) is 4.42 Å². The van der Waals surface area contributed by atoms with Gasteiger partial charge >= 0.3 is 5.63 Å². The Hall–Kier alpha value is -1.25. The summed E-state index contributed by atoms with van der Waals surface area (Å²) in [6, 6.07) is 1.46. The van der Waals surface area contributed by atoms with Gasteiger partial charge in [-0.05, 0) is 12.8 Å². The van der Waals surface area contributed by atoms with E-state index in [1.54, 1.807) is 6.92 Å². The Bertz CT molecular complexity index is 336. The fourth-order valence-corrected chi connectivity index (χ4v) is 1.14. The molecule has 0 aliphatic rings. The van der Waals surface area contributed by atoms with Crippen molar-refractivity contribution in [2.24, 2.45) is 0 Å². The van der Waals surface area contributed by atoms with Gasteiger partial charge in [0, 0.05) is 6.07 Å². The number of rotatable bonds is 1. The van der Waals surface area contributed by atoms with Gasteiger partial charge in [0.15, 0.2) is 0 Å². The zero-order valence-corrected chi connectivity index (χ0v) is 7.42. The predicted octanol–water partition coefficient (Wildman–Crippen LogP) is 1.78. The van der Waals surface area contributed by atoms with Crippen LogP contribution >= 0.6 is 0 Å². The van der Waals surface area contributed by atoms with E-state index in [2.05, 4.69) is 0 Å². The average Bonchev–Trinajstić information content (AvgIpc) is 1.82. The fraction of sp³-hybridized carbons (Fsp3) is 0.444. The molecule has 1 aromatic rings. The SMILES string of the molecule is Cc1cc(O)c(C(C)C)c(=O)o1. The van der Waals surface area contributed by atoms with Gasteiger partial charge in [-0.3, -0.25) is 0 Å². The van der Waals surface area contributed by atoms with Crippen molar-refractivity contribution < 1.29 is 9.52 Å². The first kappa shape index (κ1) is 8.84. The quantitative estimate of drug-likeness (QED) is 0.695. The molecule has 0 unspecified atom stereocenters. The summed E-state index contributed by atoms with van der Waals surface area (Å²) in [4.78, 5) is 11.2. The lowest BCUT2D eigenvalue weighted by Crippen LogP contribution is -2.09. The first-order valence-electron chi connectivity index (χ1n) is 3.86. The molecular formula is C9H12O3. The molecule has 0 aliphatic heterocycles.